The number of hydrogen-bond donors (Lipinski definition) is 1. The van der Waals surface area contributed by atoms with Gasteiger partial charge in [-0.05, 0) is 24.6 Å². The van der Waals surface area contributed by atoms with Crippen LogP contribution < -0.4 is 10.1 Å². The van der Waals surface area contributed by atoms with E-state index in [1.807, 2.05) is 30.3 Å². The van der Waals surface area contributed by atoms with Gasteiger partial charge in [-0.1, -0.05) is 48.0 Å². The van der Waals surface area contributed by atoms with Gasteiger partial charge in [0.15, 0.2) is 0 Å². The number of aryl methyl sites for hydroxylation is 1. The van der Waals surface area contributed by atoms with Crippen LogP contribution in [0, 0.1) is 6.92 Å². The first-order chi connectivity index (χ1) is 8.84. The summed E-state index contributed by atoms with van der Waals surface area (Å²) in [4.78, 5) is 0. The average molecular weight is 241 g/mol. The Bertz CT molecular complexity index is 450. The fraction of sp³-hybridized carbons (Fsp3) is 0.250. The monoisotopic (exact) mass is 241 g/mol. The molecule has 0 saturated carbocycles. The fourth-order valence-electron chi connectivity index (χ4n) is 1.70. The molecule has 0 unspecified atom stereocenters. The lowest BCUT2D eigenvalue weighted by molar-refractivity contribution is 0.313. The summed E-state index contributed by atoms with van der Waals surface area (Å²) in [5.41, 5.74) is 2.60. The van der Waals surface area contributed by atoms with Crippen LogP contribution in [0.25, 0.3) is 0 Å². The Labute approximate surface area is 109 Å². The summed E-state index contributed by atoms with van der Waals surface area (Å²) in [6.45, 7) is 4.53. The van der Waals surface area contributed by atoms with Crippen molar-refractivity contribution in [2.45, 2.75) is 13.5 Å². The van der Waals surface area contributed by atoms with E-state index in [1.54, 1.807) is 0 Å². The summed E-state index contributed by atoms with van der Waals surface area (Å²) in [5.74, 6) is 0.926. The molecule has 0 aliphatic carbocycles. The maximum absolute atomic E-state index is 5.60. The highest BCUT2D eigenvalue weighted by Gasteiger charge is 1.93. The molecule has 0 saturated heterocycles. The van der Waals surface area contributed by atoms with Crippen molar-refractivity contribution < 1.29 is 4.74 Å². The highest BCUT2D eigenvalue weighted by Crippen LogP contribution is 2.07. The highest BCUT2D eigenvalue weighted by atomic mass is 16.5. The molecular weight excluding hydrogens is 222 g/mol. The molecule has 1 N–H and O–H groups in total. The quantitative estimate of drug-likeness (QED) is 0.784. The van der Waals surface area contributed by atoms with Crippen LogP contribution in [0.4, 0.5) is 0 Å². The van der Waals surface area contributed by atoms with Crippen molar-refractivity contribution in [1.29, 1.82) is 0 Å². The van der Waals surface area contributed by atoms with Gasteiger partial charge in [0, 0.05) is 13.1 Å². The molecule has 2 heteroatoms. The minimum absolute atomic E-state index is 0.690. The van der Waals surface area contributed by atoms with E-state index in [0.29, 0.717) is 6.61 Å². The molecule has 2 aromatic rings. The van der Waals surface area contributed by atoms with Crippen LogP contribution in [0.3, 0.4) is 0 Å². The molecule has 2 aromatic carbocycles. The first kappa shape index (κ1) is 12.7. The summed E-state index contributed by atoms with van der Waals surface area (Å²) in [5, 5.41) is 3.37. The Kier molecular flexibility index (Phi) is 4.79. The van der Waals surface area contributed by atoms with Crippen molar-refractivity contribution in [2.75, 3.05) is 13.2 Å². The van der Waals surface area contributed by atoms with Crippen LogP contribution in [0.1, 0.15) is 11.1 Å². The Hall–Kier alpha value is -1.80. The standard InChI is InChI=1S/C16H19NO/c1-14-7-9-15(10-8-14)13-17-11-12-18-16-5-3-2-4-6-16/h2-10,17H,11-13H2,1H3. The van der Waals surface area contributed by atoms with Crippen molar-refractivity contribution in [3.05, 3.63) is 65.7 Å². The van der Waals surface area contributed by atoms with E-state index in [2.05, 4.69) is 36.5 Å². The Morgan fingerprint density at radius 3 is 2.39 bits per heavy atom. The molecule has 0 atom stereocenters. The van der Waals surface area contributed by atoms with Crippen LogP contribution >= 0.6 is 0 Å². The van der Waals surface area contributed by atoms with Crippen LogP contribution in [0.5, 0.6) is 5.75 Å². The van der Waals surface area contributed by atoms with Crippen LogP contribution in [-0.2, 0) is 6.54 Å². The van der Waals surface area contributed by atoms with Gasteiger partial charge in [-0.2, -0.15) is 0 Å². The maximum atomic E-state index is 5.60. The third-order valence-corrected chi connectivity index (χ3v) is 2.74. The molecule has 0 spiro atoms. The zero-order chi connectivity index (χ0) is 12.6. The van der Waals surface area contributed by atoms with Gasteiger partial charge in [-0.3, -0.25) is 0 Å². The van der Waals surface area contributed by atoms with Crippen molar-refractivity contribution in [2.24, 2.45) is 0 Å². The highest BCUT2D eigenvalue weighted by molar-refractivity contribution is 5.21. The van der Waals surface area contributed by atoms with Crippen molar-refractivity contribution in [3.8, 4) is 5.75 Å². The van der Waals surface area contributed by atoms with E-state index in [1.165, 1.54) is 11.1 Å². The molecule has 2 nitrogen and oxygen atoms in total. The number of para-hydroxylation sites is 1. The largest absolute Gasteiger partial charge is 0.492 e. The topological polar surface area (TPSA) is 21.3 Å². The number of hydrogen-bond acceptors (Lipinski definition) is 2. The van der Waals surface area contributed by atoms with Gasteiger partial charge >= 0.3 is 0 Å². The predicted octanol–water partition coefficient (Wildman–Crippen LogP) is 3.16. The van der Waals surface area contributed by atoms with E-state index < -0.39 is 0 Å². The SMILES string of the molecule is Cc1ccc(CNCCOc2ccccc2)cc1. The molecule has 0 amide bonds. The Morgan fingerprint density at radius 1 is 0.944 bits per heavy atom. The van der Waals surface area contributed by atoms with Gasteiger partial charge in [0.2, 0.25) is 0 Å². The van der Waals surface area contributed by atoms with E-state index in [4.69, 9.17) is 4.74 Å². The minimum Gasteiger partial charge on any atom is -0.492 e. The van der Waals surface area contributed by atoms with Gasteiger partial charge in [0.05, 0.1) is 0 Å². The van der Waals surface area contributed by atoms with Crippen molar-refractivity contribution in [3.63, 3.8) is 0 Å². The smallest absolute Gasteiger partial charge is 0.119 e. The van der Waals surface area contributed by atoms with E-state index in [-0.39, 0.29) is 0 Å². The normalized spacial score (nSPS) is 10.3. The number of nitrogens with one attached hydrogen (secondary N) is 1. The van der Waals surface area contributed by atoms with E-state index >= 15 is 0 Å². The van der Waals surface area contributed by atoms with Crippen molar-refractivity contribution in [1.82, 2.24) is 5.32 Å². The van der Waals surface area contributed by atoms with E-state index in [9.17, 15) is 0 Å². The van der Waals surface area contributed by atoms with Gasteiger partial charge < -0.3 is 10.1 Å². The third-order valence-electron chi connectivity index (χ3n) is 2.74. The number of benzene rings is 2. The molecule has 2 rings (SSSR count). The van der Waals surface area contributed by atoms with Gasteiger partial charge in [0.1, 0.15) is 12.4 Å². The molecule has 0 aliphatic rings. The molecular formula is C16H19NO. The van der Waals surface area contributed by atoms with Crippen molar-refractivity contribution >= 4 is 0 Å². The molecule has 0 heterocycles. The molecule has 0 bridgehead atoms. The number of rotatable bonds is 6. The summed E-state index contributed by atoms with van der Waals surface area (Å²) < 4.78 is 5.60. The lowest BCUT2D eigenvalue weighted by Crippen LogP contribution is -2.20. The fourth-order valence-corrected chi connectivity index (χ4v) is 1.70. The molecule has 18 heavy (non-hydrogen) atoms. The lowest BCUT2D eigenvalue weighted by atomic mass is 10.1. The minimum atomic E-state index is 0.690. The molecule has 94 valence electrons. The Morgan fingerprint density at radius 2 is 1.67 bits per heavy atom. The van der Waals surface area contributed by atoms with Gasteiger partial charge in [-0.25, -0.2) is 0 Å². The van der Waals surface area contributed by atoms with E-state index in [0.717, 1.165) is 18.8 Å². The summed E-state index contributed by atoms with van der Waals surface area (Å²) >= 11 is 0. The second-order valence-electron chi connectivity index (χ2n) is 4.32. The summed E-state index contributed by atoms with van der Waals surface area (Å²) in [6, 6.07) is 18.5. The van der Waals surface area contributed by atoms with Gasteiger partial charge in [0.25, 0.3) is 0 Å². The maximum Gasteiger partial charge on any atom is 0.119 e. The van der Waals surface area contributed by atoms with Crippen LogP contribution in [0.15, 0.2) is 54.6 Å². The zero-order valence-corrected chi connectivity index (χ0v) is 10.7. The molecule has 0 aliphatic heterocycles. The summed E-state index contributed by atoms with van der Waals surface area (Å²) in [6.07, 6.45) is 0. The first-order valence-electron chi connectivity index (χ1n) is 6.29. The second-order valence-corrected chi connectivity index (χ2v) is 4.32. The average Bonchev–Trinajstić information content (AvgIpc) is 2.42. The Balaban J connectivity index is 1.63. The van der Waals surface area contributed by atoms with Gasteiger partial charge in [-0.15, -0.1) is 0 Å². The second kappa shape index (κ2) is 6.82. The van der Waals surface area contributed by atoms with Crippen LogP contribution in [0.2, 0.25) is 0 Å². The lowest BCUT2D eigenvalue weighted by Gasteiger charge is -2.07. The third kappa shape index (κ3) is 4.22. The van der Waals surface area contributed by atoms with Crippen LogP contribution in [-0.4, -0.2) is 13.2 Å². The summed E-state index contributed by atoms with van der Waals surface area (Å²) in [7, 11) is 0. The zero-order valence-electron chi connectivity index (χ0n) is 10.7. The predicted molar refractivity (Wildman–Crippen MR) is 74.8 cm³/mol. The first-order valence-corrected chi connectivity index (χ1v) is 6.29. The number of ether oxygens (including phenoxy) is 1. The molecule has 0 fully saturated rings. The molecule has 0 aromatic heterocycles. The molecule has 0 radical (unpaired) electrons.